The Labute approximate surface area is 308 Å². The van der Waals surface area contributed by atoms with Gasteiger partial charge in [0.1, 0.15) is 0 Å². The van der Waals surface area contributed by atoms with Gasteiger partial charge in [-0.25, -0.2) is 0 Å². The van der Waals surface area contributed by atoms with Crippen LogP contribution in [0.1, 0.15) is 37.8 Å². The molecule has 44 heavy (non-hydrogen) atoms. The molecule has 0 unspecified atom stereocenters. The van der Waals surface area contributed by atoms with Crippen molar-refractivity contribution in [1.82, 2.24) is 21.3 Å². The van der Waals surface area contributed by atoms with E-state index in [1.807, 2.05) is 0 Å². The average molecular weight is 860 g/mol. The van der Waals surface area contributed by atoms with Crippen molar-refractivity contribution in [2.24, 2.45) is 0 Å². The molecule has 0 saturated carbocycles. The molecular formula is C36H52Br4N4. The molecule has 0 radical (unpaired) electrons. The summed E-state index contributed by atoms with van der Waals surface area (Å²) in [5.74, 6) is 0. The molecule has 0 spiro atoms. The predicted octanol–water partition coefficient (Wildman–Crippen LogP) is 9.20. The van der Waals surface area contributed by atoms with Gasteiger partial charge < -0.3 is 21.3 Å². The minimum absolute atomic E-state index is 0. The van der Waals surface area contributed by atoms with E-state index >= 15 is 0 Å². The second-order valence-electron chi connectivity index (χ2n) is 10.0. The molecule has 0 saturated heterocycles. The molecule has 4 aromatic rings. The third-order valence-corrected chi connectivity index (χ3v) is 6.85. The molecule has 0 amide bonds. The van der Waals surface area contributed by atoms with Crippen LogP contribution in [0.25, 0.3) is 22.3 Å². The standard InChI is InChI=1S/C35H44N4.CH4.4BrH/c1-3-14-32(15-4-1)34-18-7-12-30(26-34)28-38-24-10-22-36-20-9-21-37-23-11-25-39-29-31-13-8-19-35(27-31)33-16-5-2-6-17-33;;;;;/h1-8,12-19,26-27,36-39H,9-11,20-25,28-29H2;1H4;4*1H. The van der Waals surface area contributed by atoms with Crippen molar-refractivity contribution in [2.75, 3.05) is 39.3 Å². The summed E-state index contributed by atoms with van der Waals surface area (Å²) in [7, 11) is 0. The smallest absolute Gasteiger partial charge is 0.0205 e. The van der Waals surface area contributed by atoms with Crippen LogP contribution in [0.3, 0.4) is 0 Å². The lowest BCUT2D eigenvalue weighted by molar-refractivity contribution is 0.551. The molecule has 0 heterocycles. The third kappa shape index (κ3) is 17.4. The molecule has 0 aliphatic heterocycles. The van der Waals surface area contributed by atoms with Gasteiger partial charge in [-0.1, -0.05) is 104 Å². The van der Waals surface area contributed by atoms with E-state index in [1.54, 1.807) is 0 Å². The highest BCUT2D eigenvalue weighted by atomic mass is 79.9. The summed E-state index contributed by atoms with van der Waals surface area (Å²) in [6.45, 7) is 8.16. The fraction of sp³-hybridized carbons (Fsp3) is 0.333. The Hall–Kier alpha value is -1.36. The Bertz CT molecular complexity index is 1120. The molecule has 0 aliphatic rings. The van der Waals surface area contributed by atoms with Crippen molar-refractivity contribution in [3.63, 3.8) is 0 Å². The minimum Gasteiger partial charge on any atom is -0.317 e. The Morgan fingerprint density at radius 1 is 0.341 bits per heavy atom. The second kappa shape index (κ2) is 27.9. The van der Waals surface area contributed by atoms with Gasteiger partial charge in [0.2, 0.25) is 0 Å². The van der Waals surface area contributed by atoms with Gasteiger partial charge in [0.15, 0.2) is 0 Å². The quantitative estimate of drug-likeness (QED) is 0.0755. The van der Waals surface area contributed by atoms with E-state index in [2.05, 4.69) is 130 Å². The van der Waals surface area contributed by atoms with Crippen molar-refractivity contribution in [3.8, 4) is 22.3 Å². The molecule has 0 fully saturated rings. The molecule has 0 aliphatic carbocycles. The zero-order valence-electron chi connectivity index (χ0n) is 24.8. The molecule has 0 atom stereocenters. The lowest BCUT2D eigenvalue weighted by Crippen LogP contribution is -2.26. The molecule has 0 aromatic heterocycles. The first-order valence-electron chi connectivity index (χ1n) is 14.5. The number of halogens is 4. The van der Waals surface area contributed by atoms with Crippen molar-refractivity contribution >= 4 is 67.9 Å². The van der Waals surface area contributed by atoms with E-state index in [-0.39, 0.29) is 75.4 Å². The van der Waals surface area contributed by atoms with Gasteiger partial charge in [-0.15, -0.1) is 67.9 Å². The van der Waals surface area contributed by atoms with Crippen LogP contribution >= 0.6 is 67.9 Å². The van der Waals surface area contributed by atoms with Gasteiger partial charge >= 0.3 is 0 Å². The Morgan fingerprint density at radius 3 is 1.02 bits per heavy atom. The SMILES string of the molecule is Br.Br.Br.Br.C.c1ccc(-c2cccc(CNCCCNCCCNCCCNCc3cccc(-c4ccccc4)c3)c2)cc1. The zero-order valence-corrected chi connectivity index (χ0v) is 31.7. The van der Waals surface area contributed by atoms with Crippen LogP contribution in [0.4, 0.5) is 0 Å². The van der Waals surface area contributed by atoms with Crippen LogP contribution in [0.2, 0.25) is 0 Å². The molecule has 8 heteroatoms. The first-order valence-corrected chi connectivity index (χ1v) is 14.5. The van der Waals surface area contributed by atoms with Gasteiger partial charge in [-0.2, -0.15) is 0 Å². The van der Waals surface area contributed by atoms with E-state index in [0.717, 1.165) is 65.2 Å². The molecular weight excluding hydrogens is 808 g/mol. The topological polar surface area (TPSA) is 48.1 Å². The van der Waals surface area contributed by atoms with Crippen LogP contribution in [0.15, 0.2) is 109 Å². The van der Waals surface area contributed by atoms with Gasteiger partial charge in [0.25, 0.3) is 0 Å². The molecule has 4 N–H and O–H groups in total. The van der Waals surface area contributed by atoms with Crippen molar-refractivity contribution in [1.29, 1.82) is 0 Å². The lowest BCUT2D eigenvalue weighted by atomic mass is 10.0. The largest absolute Gasteiger partial charge is 0.317 e. The maximum Gasteiger partial charge on any atom is 0.0205 e. The highest BCUT2D eigenvalue weighted by Crippen LogP contribution is 2.21. The van der Waals surface area contributed by atoms with E-state index < -0.39 is 0 Å². The predicted molar refractivity (Wildman–Crippen MR) is 215 cm³/mol. The highest BCUT2D eigenvalue weighted by molar-refractivity contribution is 8.93. The van der Waals surface area contributed by atoms with Gasteiger partial charge in [-0.05, 0) is 104 Å². The van der Waals surface area contributed by atoms with E-state index in [1.165, 1.54) is 39.8 Å². The van der Waals surface area contributed by atoms with Gasteiger partial charge in [0, 0.05) is 13.1 Å². The minimum atomic E-state index is 0. The van der Waals surface area contributed by atoms with Crippen LogP contribution in [-0.4, -0.2) is 39.3 Å². The Balaban J connectivity index is 0. The van der Waals surface area contributed by atoms with Gasteiger partial charge in [-0.3, -0.25) is 0 Å². The summed E-state index contributed by atoms with van der Waals surface area (Å²) >= 11 is 0. The first kappa shape index (κ1) is 44.8. The highest BCUT2D eigenvalue weighted by Gasteiger charge is 2.00. The monoisotopic (exact) mass is 856 g/mol. The zero-order chi connectivity index (χ0) is 26.8. The molecule has 0 bridgehead atoms. The lowest BCUT2D eigenvalue weighted by Gasteiger charge is -2.09. The molecule has 244 valence electrons. The fourth-order valence-electron chi connectivity index (χ4n) is 4.71. The number of nitrogens with one attached hydrogen (secondary N) is 4. The fourth-order valence-corrected chi connectivity index (χ4v) is 4.71. The normalized spacial score (nSPS) is 9.82. The average Bonchev–Trinajstić information content (AvgIpc) is 3.00. The maximum absolute atomic E-state index is 3.58. The van der Waals surface area contributed by atoms with Gasteiger partial charge in [0.05, 0.1) is 0 Å². The molecule has 4 rings (SSSR count). The van der Waals surface area contributed by atoms with Crippen molar-refractivity contribution in [2.45, 2.75) is 39.8 Å². The van der Waals surface area contributed by atoms with Crippen LogP contribution in [0.5, 0.6) is 0 Å². The second-order valence-corrected chi connectivity index (χ2v) is 10.0. The van der Waals surface area contributed by atoms with Crippen molar-refractivity contribution < 1.29 is 0 Å². The number of hydrogen-bond acceptors (Lipinski definition) is 4. The number of hydrogen-bond donors (Lipinski definition) is 4. The summed E-state index contributed by atoms with van der Waals surface area (Å²) in [5, 5.41) is 14.3. The van der Waals surface area contributed by atoms with E-state index in [0.29, 0.717) is 0 Å². The van der Waals surface area contributed by atoms with Crippen LogP contribution in [0, 0.1) is 0 Å². The summed E-state index contributed by atoms with van der Waals surface area (Å²) in [5.41, 5.74) is 7.79. The number of benzene rings is 4. The first-order chi connectivity index (χ1) is 19.4. The Kier molecular flexibility index (Phi) is 28.4. The molecule has 4 aromatic carbocycles. The maximum atomic E-state index is 3.58. The summed E-state index contributed by atoms with van der Waals surface area (Å²) in [6, 6.07) is 38.8. The number of rotatable bonds is 18. The Morgan fingerprint density at radius 2 is 0.659 bits per heavy atom. The van der Waals surface area contributed by atoms with E-state index in [9.17, 15) is 0 Å². The van der Waals surface area contributed by atoms with Crippen LogP contribution < -0.4 is 21.3 Å². The van der Waals surface area contributed by atoms with Crippen molar-refractivity contribution in [3.05, 3.63) is 120 Å². The third-order valence-electron chi connectivity index (χ3n) is 6.85. The molecule has 4 nitrogen and oxygen atoms in total. The summed E-state index contributed by atoms with van der Waals surface area (Å²) in [6.07, 6.45) is 3.46. The van der Waals surface area contributed by atoms with E-state index in [4.69, 9.17) is 0 Å². The summed E-state index contributed by atoms with van der Waals surface area (Å²) in [4.78, 5) is 0. The van der Waals surface area contributed by atoms with Crippen LogP contribution in [-0.2, 0) is 13.1 Å². The summed E-state index contributed by atoms with van der Waals surface area (Å²) < 4.78 is 0.